The highest BCUT2D eigenvalue weighted by atomic mass is 32.1. The lowest BCUT2D eigenvalue weighted by molar-refractivity contribution is 0.214. The minimum Gasteiger partial charge on any atom is -0.396 e. The largest absolute Gasteiger partial charge is 0.396 e. The molecule has 0 unspecified atom stereocenters. The molecule has 0 aliphatic carbocycles. The third-order valence-electron chi connectivity index (χ3n) is 3.84. The fourth-order valence-corrected chi connectivity index (χ4v) is 3.42. The summed E-state index contributed by atoms with van der Waals surface area (Å²) in [5.74, 6) is -0.248. The lowest BCUT2D eigenvalue weighted by atomic mass is 10.1. The van der Waals surface area contributed by atoms with E-state index in [4.69, 9.17) is 5.11 Å². The molecule has 4 nitrogen and oxygen atoms in total. The molecule has 0 spiro atoms. The summed E-state index contributed by atoms with van der Waals surface area (Å²) < 4.78 is 13.1. The van der Waals surface area contributed by atoms with Gasteiger partial charge in [0, 0.05) is 42.2 Å². The highest BCUT2D eigenvalue weighted by Crippen LogP contribution is 2.23. The van der Waals surface area contributed by atoms with Crippen LogP contribution in [0.25, 0.3) is 11.3 Å². The fourth-order valence-electron chi connectivity index (χ4n) is 2.67. The van der Waals surface area contributed by atoms with Crippen LogP contribution in [0.4, 0.5) is 4.39 Å². The molecule has 0 aliphatic rings. The van der Waals surface area contributed by atoms with Crippen molar-refractivity contribution in [2.75, 3.05) is 13.2 Å². The van der Waals surface area contributed by atoms with E-state index in [-0.39, 0.29) is 12.4 Å². The van der Waals surface area contributed by atoms with Gasteiger partial charge in [0.05, 0.1) is 11.9 Å². The first-order valence-corrected chi connectivity index (χ1v) is 8.78. The highest BCUT2D eigenvalue weighted by molar-refractivity contribution is 7.09. The topological polar surface area (TPSA) is 52.1 Å². The van der Waals surface area contributed by atoms with Crippen molar-refractivity contribution >= 4 is 11.3 Å². The Morgan fingerprint density at radius 3 is 2.71 bits per heavy atom. The molecule has 0 aliphatic heterocycles. The van der Waals surface area contributed by atoms with Crippen LogP contribution in [0.1, 0.15) is 16.9 Å². The highest BCUT2D eigenvalue weighted by Gasteiger charge is 2.13. The first-order chi connectivity index (χ1) is 11.8. The van der Waals surface area contributed by atoms with Crippen molar-refractivity contribution in [2.45, 2.75) is 19.5 Å². The molecule has 1 aromatic carbocycles. The van der Waals surface area contributed by atoms with Crippen molar-refractivity contribution in [3.05, 3.63) is 64.2 Å². The molecule has 126 valence electrons. The quantitative estimate of drug-likeness (QED) is 0.655. The Balaban J connectivity index is 1.77. The number of thiophene rings is 1. The molecule has 2 N–H and O–H groups in total. The van der Waals surface area contributed by atoms with Gasteiger partial charge in [-0.1, -0.05) is 6.07 Å². The molecular formula is C18H20FN3OS. The molecule has 0 radical (unpaired) electrons. The van der Waals surface area contributed by atoms with Crippen LogP contribution in [0, 0.1) is 5.82 Å². The van der Waals surface area contributed by atoms with Gasteiger partial charge in [0.15, 0.2) is 0 Å². The molecule has 0 atom stereocenters. The van der Waals surface area contributed by atoms with E-state index in [1.54, 1.807) is 23.5 Å². The number of hydrogen-bond acceptors (Lipinski definition) is 4. The molecule has 0 fully saturated rings. The normalized spacial score (nSPS) is 11.3. The SMILES string of the molecule is OCCCN(Cc1cccs1)Cc1cn[nH]c1-c1ccc(F)cc1. The molecular weight excluding hydrogens is 325 g/mol. The van der Waals surface area contributed by atoms with Crippen molar-refractivity contribution < 1.29 is 9.50 Å². The number of rotatable bonds is 8. The summed E-state index contributed by atoms with van der Waals surface area (Å²) in [6, 6.07) is 10.6. The van der Waals surface area contributed by atoms with Crippen LogP contribution in [0.5, 0.6) is 0 Å². The summed E-state index contributed by atoms with van der Waals surface area (Å²) in [5.41, 5.74) is 2.90. The Hall–Kier alpha value is -2.02. The van der Waals surface area contributed by atoms with Gasteiger partial charge in [0.1, 0.15) is 5.82 Å². The Bertz CT molecular complexity index is 740. The van der Waals surface area contributed by atoms with Crippen LogP contribution in [-0.4, -0.2) is 33.4 Å². The number of benzene rings is 1. The van der Waals surface area contributed by atoms with E-state index in [1.807, 2.05) is 12.3 Å². The molecule has 0 saturated carbocycles. The van der Waals surface area contributed by atoms with Crippen molar-refractivity contribution in [1.29, 1.82) is 0 Å². The first-order valence-electron chi connectivity index (χ1n) is 7.90. The molecule has 0 bridgehead atoms. The summed E-state index contributed by atoms with van der Waals surface area (Å²) >= 11 is 1.73. The number of H-pyrrole nitrogens is 1. The van der Waals surface area contributed by atoms with Gasteiger partial charge >= 0.3 is 0 Å². The van der Waals surface area contributed by atoms with Crippen LogP contribution in [-0.2, 0) is 13.1 Å². The molecule has 0 saturated heterocycles. The van der Waals surface area contributed by atoms with Gasteiger partial charge in [-0.3, -0.25) is 10.00 Å². The number of aliphatic hydroxyl groups is 1. The van der Waals surface area contributed by atoms with E-state index < -0.39 is 0 Å². The lowest BCUT2D eigenvalue weighted by Gasteiger charge is -2.21. The Morgan fingerprint density at radius 1 is 1.17 bits per heavy atom. The van der Waals surface area contributed by atoms with Gasteiger partial charge in [-0.15, -0.1) is 11.3 Å². The minimum absolute atomic E-state index is 0.178. The smallest absolute Gasteiger partial charge is 0.123 e. The second-order valence-electron chi connectivity index (χ2n) is 5.64. The molecule has 24 heavy (non-hydrogen) atoms. The van der Waals surface area contributed by atoms with E-state index in [2.05, 4.69) is 26.5 Å². The van der Waals surface area contributed by atoms with E-state index in [0.29, 0.717) is 0 Å². The number of hydrogen-bond donors (Lipinski definition) is 2. The third-order valence-corrected chi connectivity index (χ3v) is 4.70. The van der Waals surface area contributed by atoms with Crippen LogP contribution in [0.3, 0.4) is 0 Å². The first kappa shape index (κ1) is 16.8. The van der Waals surface area contributed by atoms with E-state index >= 15 is 0 Å². The fraction of sp³-hybridized carbons (Fsp3) is 0.278. The van der Waals surface area contributed by atoms with Gasteiger partial charge in [0.25, 0.3) is 0 Å². The van der Waals surface area contributed by atoms with E-state index in [1.165, 1.54) is 17.0 Å². The maximum Gasteiger partial charge on any atom is 0.123 e. The zero-order valence-electron chi connectivity index (χ0n) is 13.3. The molecule has 6 heteroatoms. The molecule has 2 aromatic heterocycles. The van der Waals surface area contributed by atoms with Crippen molar-refractivity contribution in [3.63, 3.8) is 0 Å². The van der Waals surface area contributed by atoms with Crippen LogP contribution < -0.4 is 0 Å². The van der Waals surface area contributed by atoms with Gasteiger partial charge in [0.2, 0.25) is 0 Å². The predicted octanol–water partition coefficient (Wildman–Crippen LogP) is 3.66. The number of nitrogens with one attached hydrogen (secondary N) is 1. The lowest BCUT2D eigenvalue weighted by Crippen LogP contribution is -2.24. The minimum atomic E-state index is -0.248. The Kier molecular flexibility index (Phi) is 5.74. The monoisotopic (exact) mass is 345 g/mol. The number of aromatic amines is 1. The predicted molar refractivity (Wildman–Crippen MR) is 94.1 cm³/mol. The van der Waals surface area contributed by atoms with Crippen molar-refractivity contribution in [1.82, 2.24) is 15.1 Å². The average molecular weight is 345 g/mol. The molecule has 3 aromatic rings. The summed E-state index contributed by atoms with van der Waals surface area (Å²) in [6.07, 6.45) is 2.55. The van der Waals surface area contributed by atoms with Gasteiger partial charge in [-0.25, -0.2) is 4.39 Å². The number of aliphatic hydroxyl groups excluding tert-OH is 1. The Labute approximate surface area is 144 Å². The Morgan fingerprint density at radius 2 is 2.00 bits per heavy atom. The van der Waals surface area contributed by atoms with Crippen molar-refractivity contribution in [3.8, 4) is 11.3 Å². The number of nitrogens with zero attached hydrogens (tertiary/aromatic N) is 2. The summed E-state index contributed by atoms with van der Waals surface area (Å²) in [5, 5.41) is 18.4. The number of aromatic nitrogens is 2. The van der Waals surface area contributed by atoms with Gasteiger partial charge in [-0.2, -0.15) is 5.10 Å². The zero-order valence-corrected chi connectivity index (χ0v) is 14.1. The second kappa shape index (κ2) is 8.19. The average Bonchev–Trinajstić information content (AvgIpc) is 3.25. The molecule has 0 amide bonds. The van der Waals surface area contributed by atoms with Gasteiger partial charge in [-0.05, 0) is 42.1 Å². The van der Waals surface area contributed by atoms with E-state index in [0.717, 1.165) is 42.9 Å². The second-order valence-corrected chi connectivity index (χ2v) is 6.68. The zero-order chi connectivity index (χ0) is 16.8. The van der Waals surface area contributed by atoms with Crippen LogP contribution in [0.2, 0.25) is 0 Å². The standard InChI is InChI=1S/C18H20FN3OS/c19-16-6-4-14(5-7-16)18-15(11-20-21-18)12-22(8-2-9-23)13-17-3-1-10-24-17/h1,3-7,10-11,23H,2,8-9,12-13H2,(H,20,21). The van der Waals surface area contributed by atoms with E-state index in [9.17, 15) is 4.39 Å². The maximum absolute atomic E-state index is 13.1. The molecule has 2 heterocycles. The van der Waals surface area contributed by atoms with Crippen molar-refractivity contribution in [2.24, 2.45) is 0 Å². The van der Waals surface area contributed by atoms with Crippen LogP contribution in [0.15, 0.2) is 48.0 Å². The summed E-state index contributed by atoms with van der Waals surface area (Å²) in [4.78, 5) is 3.58. The van der Waals surface area contributed by atoms with Crippen LogP contribution >= 0.6 is 11.3 Å². The third kappa shape index (κ3) is 4.29. The number of halogens is 1. The summed E-state index contributed by atoms with van der Waals surface area (Å²) in [7, 11) is 0. The maximum atomic E-state index is 13.1. The summed E-state index contributed by atoms with van der Waals surface area (Å²) in [6.45, 7) is 2.55. The van der Waals surface area contributed by atoms with Gasteiger partial charge < -0.3 is 5.11 Å². The molecule has 3 rings (SSSR count).